The molecule has 22 heavy (non-hydrogen) atoms. The fourth-order valence-corrected chi connectivity index (χ4v) is 2.13. The van der Waals surface area contributed by atoms with Crippen molar-refractivity contribution >= 4 is 0 Å². The van der Waals surface area contributed by atoms with Gasteiger partial charge in [0, 0.05) is 18.8 Å². The first kappa shape index (κ1) is 14.0. The summed E-state index contributed by atoms with van der Waals surface area (Å²) in [5, 5.41) is 7.64. The van der Waals surface area contributed by atoms with Gasteiger partial charge in [-0.3, -0.25) is 4.98 Å². The van der Waals surface area contributed by atoms with Crippen LogP contribution in [0.5, 0.6) is 5.75 Å². The van der Waals surface area contributed by atoms with Crippen molar-refractivity contribution in [3.8, 4) is 11.4 Å². The van der Waals surface area contributed by atoms with E-state index in [-0.39, 0.29) is 5.69 Å². The highest BCUT2D eigenvalue weighted by atomic mass is 16.5. The van der Waals surface area contributed by atoms with Crippen LogP contribution in [-0.2, 0) is 13.7 Å². The molecule has 0 bridgehead atoms. The van der Waals surface area contributed by atoms with Gasteiger partial charge in [0.05, 0.1) is 11.9 Å². The zero-order chi connectivity index (χ0) is 15.5. The molecular weight excluding hydrogens is 282 g/mol. The SMILES string of the molecule is Cc1cccc(-n2nnn(C)c2=O)c1COc1cccnc1. The second kappa shape index (κ2) is 5.80. The third-order valence-electron chi connectivity index (χ3n) is 3.35. The molecule has 0 aliphatic rings. The van der Waals surface area contributed by atoms with Crippen molar-refractivity contribution in [3.63, 3.8) is 0 Å². The van der Waals surface area contributed by atoms with Gasteiger partial charge in [-0.2, -0.15) is 9.36 Å². The summed E-state index contributed by atoms with van der Waals surface area (Å²) in [6.07, 6.45) is 3.33. The fourth-order valence-electron chi connectivity index (χ4n) is 2.13. The number of benzene rings is 1. The number of nitrogens with zero attached hydrogens (tertiary/aromatic N) is 5. The molecule has 0 fully saturated rings. The fraction of sp³-hybridized carbons (Fsp3) is 0.200. The molecule has 3 aromatic rings. The number of pyridine rings is 1. The van der Waals surface area contributed by atoms with Crippen molar-refractivity contribution in [3.05, 3.63) is 64.3 Å². The minimum atomic E-state index is -0.298. The quantitative estimate of drug-likeness (QED) is 0.724. The van der Waals surface area contributed by atoms with E-state index in [2.05, 4.69) is 15.4 Å². The van der Waals surface area contributed by atoms with E-state index in [9.17, 15) is 4.79 Å². The maximum Gasteiger partial charge on any atom is 0.368 e. The minimum Gasteiger partial charge on any atom is -0.487 e. The lowest BCUT2D eigenvalue weighted by atomic mass is 10.1. The second-order valence-corrected chi connectivity index (χ2v) is 4.85. The summed E-state index contributed by atoms with van der Waals surface area (Å²) in [5.74, 6) is 0.670. The number of ether oxygens (including phenoxy) is 1. The summed E-state index contributed by atoms with van der Waals surface area (Å²) < 4.78 is 8.21. The number of hydrogen-bond acceptors (Lipinski definition) is 5. The second-order valence-electron chi connectivity index (χ2n) is 4.85. The largest absolute Gasteiger partial charge is 0.487 e. The number of tetrazole rings is 1. The van der Waals surface area contributed by atoms with Crippen molar-refractivity contribution < 1.29 is 4.74 Å². The molecular formula is C15H15N5O2. The Bertz CT molecular complexity index is 839. The van der Waals surface area contributed by atoms with Crippen LogP contribution in [0, 0.1) is 6.92 Å². The monoisotopic (exact) mass is 297 g/mol. The molecule has 3 rings (SSSR count). The van der Waals surface area contributed by atoms with Gasteiger partial charge in [0.25, 0.3) is 0 Å². The number of aromatic nitrogens is 5. The third kappa shape index (κ3) is 2.60. The predicted molar refractivity (Wildman–Crippen MR) is 79.9 cm³/mol. The molecule has 0 atom stereocenters. The summed E-state index contributed by atoms with van der Waals surface area (Å²) in [6, 6.07) is 9.30. The van der Waals surface area contributed by atoms with Gasteiger partial charge in [-0.15, -0.1) is 0 Å². The zero-order valence-corrected chi connectivity index (χ0v) is 12.3. The Hall–Kier alpha value is -2.96. The van der Waals surface area contributed by atoms with Gasteiger partial charge in [0.15, 0.2) is 0 Å². The molecule has 112 valence electrons. The molecule has 0 spiro atoms. The van der Waals surface area contributed by atoms with Crippen LogP contribution in [0.1, 0.15) is 11.1 Å². The van der Waals surface area contributed by atoms with Crippen LogP contribution in [0.2, 0.25) is 0 Å². The molecule has 2 aromatic heterocycles. The van der Waals surface area contributed by atoms with Crippen LogP contribution >= 0.6 is 0 Å². The van der Waals surface area contributed by atoms with E-state index >= 15 is 0 Å². The first-order valence-corrected chi connectivity index (χ1v) is 6.77. The van der Waals surface area contributed by atoms with Crippen molar-refractivity contribution in [2.24, 2.45) is 7.05 Å². The molecule has 0 aliphatic heterocycles. The van der Waals surface area contributed by atoms with Crippen LogP contribution < -0.4 is 10.4 Å². The Labute approximate surface area is 126 Å². The van der Waals surface area contributed by atoms with Gasteiger partial charge >= 0.3 is 5.69 Å². The van der Waals surface area contributed by atoms with Gasteiger partial charge in [0.2, 0.25) is 0 Å². The van der Waals surface area contributed by atoms with Gasteiger partial charge in [-0.25, -0.2) is 4.79 Å². The molecule has 0 saturated carbocycles. The molecule has 0 aliphatic carbocycles. The predicted octanol–water partition coefficient (Wildman–Crippen LogP) is 1.25. The highest BCUT2D eigenvalue weighted by Gasteiger charge is 2.13. The van der Waals surface area contributed by atoms with E-state index in [0.29, 0.717) is 18.0 Å². The van der Waals surface area contributed by atoms with Crippen LogP contribution in [0.4, 0.5) is 0 Å². The maximum atomic E-state index is 12.1. The third-order valence-corrected chi connectivity index (χ3v) is 3.35. The molecule has 1 aromatic carbocycles. The van der Waals surface area contributed by atoms with E-state index in [4.69, 9.17) is 4.74 Å². The molecule has 0 amide bonds. The first-order chi connectivity index (χ1) is 10.7. The average molecular weight is 297 g/mol. The summed E-state index contributed by atoms with van der Waals surface area (Å²) in [5.41, 5.74) is 2.27. The highest BCUT2D eigenvalue weighted by Crippen LogP contribution is 2.19. The summed E-state index contributed by atoms with van der Waals surface area (Å²) in [6.45, 7) is 2.28. The molecule has 0 radical (unpaired) electrons. The van der Waals surface area contributed by atoms with Gasteiger partial charge in [-0.1, -0.05) is 12.1 Å². The normalized spacial score (nSPS) is 10.6. The van der Waals surface area contributed by atoms with E-state index in [1.54, 1.807) is 25.5 Å². The maximum absolute atomic E-state index is 12.1. The van der Waals surface area contributed by atoms with Gasteiger partial charge in [-0.05, 0) is 41.1 Å². The van der Waals surface area contributed by atoms with Gasteiger partial charge < -0.3 is 4.74 Å². The van der Waals surface area contributed by atoms with Gasteiger partial charge in [0.1, 0.15) is 12.4 Å². The Morgan fingerprint density at radius 2 is 2.05 bits per heavy atom. The highest BCUT2D eigenvalue weighted by molar-refractivity contribution is 5.44. The molecule has 7 heteroatoms. The van der Waals surface area contributed by atoms with E-state index in [1.807, 2.05) is 31.2 Å². The Balaban J connectivity index is 1.97. The number of aryl methyl sites for hydroxylation is 2. The number of hydrogen-bond donors (Lipinski definition) is 0. The van der Waals surface area contributed by atoms with Crippen molar-refractivity contribution in [2.75, 3.05) is 0 Å². The lowest BCUT2D eigenvalue weighted by molar-refractivity contribution is 0.303. The smallest absolute Gasteiger partial charge is 0.368 e. The molecule has 0 unspecified atom stereocenters. The summed E-state index contributed by atoms with van der Waals surface area (Å²) in [4.78, 5) is 16.1. The van der Waals surface area contributed by atoms with E-state index in [0.717, 1.165) is 11.1 Å². The molecule has 7 nitrogen and oxygen atoms in total. The summed E-state index contributed by atoms with van der Waals surface area (Å²) in [7, 11) is 1.56. The van der Waals surface area contributed by atoms with Crippen molar-refractivity contribution in [2.45, 2.75) is 13.5 Å². The topological polar surface area (TPSA) is 74.8 Å². The summed E-state index contributed by atoms with van der Waals surface area (Å²) >= 11 is 0. The Kier molecular flexibility index (Phi) is 3.69. The molecule has 2 heterocycles. The number of rotatable bonds is 4. The molecule has 0 saturated heterocycles. The first-order valence-electron chi connectivity index (χ1n) is 6.77. The average Bonchev–Trinajstić information content (AvgIpc) is 2.86. The van der Waals surface area contributed by atoms with Crippen LogP contribution in [0.3, 0.4) is 0 Å². The van der Waals surface area contributed by atoms with Crippen LogP contribution in [0.25, 0.3) is 5.69 Å². The van der Waals surface area contributed by atoms with E-state index < -0.39 is 0 Å². The standard InChI is InChI=1S/C15H15N5O2/c1-11-5-3-7-14(20-15(21)19(2)17-18-20)13(11)10-22-12-6-4-8-16-9-12/h3-9H,10H2,1-2H3. The minimum absolute atomic E-state index is 0.298. The zero-order valence-electron chi connectivity index (χ0n) is 12.3. The van der Waals surface area contributed by atoms with Crippen LogP contribution in [-0.4, -0.2) is 24.8 Å². The molecule has 0 N–H and O–H groups in total. The van der Waals surface area contributed by atoms with E-state index in [1.165, 1.54) is 9.36 Å². The van der Waals surface area contributed by atoms with Crippen LogP contribution in [0.15, 0.2) is 47.5 Å². The Morgan fingerprint density at radius 1 is 1.18 bits per heavy atom. The van der Waals surface area contributed by atoms with Crippen molar-refractivity contribution in [1.82, 2.24) is 24.8 Å². The lowest BCUT2D eigenvalue weighted by Gasteiger charge is -2.12. The Morgan fingerprint density at radius 3 is 2.73 bits per heavy atom. The van der Waals surface area contributed by atoms with Crippen molar-refractivity contribution in [1.29, 1.82) is 0 Å². The lowest BCUT2D eigenvalue weighted by Crippen LogP contribution is -2.23.